The molecule has 1 saturated carbocycles. The van der Waals surface area contributed by atoms with Gasteiger partial charge in [-0.3, -0.25) is 9.69 Å². The van der Waals surface area contributed by atoms with Crippen molar-refractivity contribution in [3.05, 3.63) is 24.0 Å². The number of amides is 2. The fourth-order valence-electron chi connectivity index (χ4n) is 5.83. The molecular formula is C23H30FN3O4. The highest BCUT2D eigenvalue weighted by molar-refractivity contribution is 5.89. The fourth-order valence-corrected chi connectivity index (χ4v) is 5.83. The van der Waals surface area contributed by atoms with Crippen molar-refractivity contribution in [2.24, 2.45) is 5.41 Å². The van der Waals surface area contributed by atoms with Gasteiger partial charge in [-0.2, -0.15) is 0 Å². The first-order valence-corrected chi connectivity index (χ1v) is 11.4. The quantitative estimate of drug-likeness (QED) is 0.797. The maximum Gasteiger partial charge on any atom is 0.414 e. The number of hydrogen-bond donors (Lipinski definition) is 1. The number of anilines is 2. The number of carbonyl (C=O) groups is 2. The van der Waals surface area contributed by atoms with E-state index in [0.29, 0.717) is 37.6 Å². The number of nitrogens with zero attached hydrogens (tertiary/aromatic N) is 3. The molecule has 1 aliphatic carbocycles. The van der Waals surface area contributed by atoms with Crippen LogP contribution in [0.5, 0.6) is 0 Å². The number of aliphatic hydroxyl groups is 1. The SMILES string of the molecule is O=C1OCCN1c1ccc(N2CCC[C@@]3(CCN(C4CCC(O)CC4)C3=O)C2)c(F)c1. The summed E-state index contributed by atoms with van der Waals surface area (Å²) in [4.78, 5) is 30.7. The van der Waals surface area contributed by atoms with Crippen LogP contribution in [0.1, 0.15) is 44.9 Å². The summed E-state index contributed by atoms with van der Waals surface area (Å²) in [6, 6.07) is 5.08. The zero-order valence-corrected chi connectivity index (χ0v) is 17.8. The summed E-state index contributed by atoms with van der Waals surface area (Å²) < 4.78 is 20.0. The van der Waals surface area contributed by atoms with E-state index in [1.54, 1.807) is 12.1 Å². The lowest BCUT2D eigenvalue weighted by Gasteiger charge is -2.41. The highest BCUT2D eigenvalue weighted by Gasteiger charge is 2.50. The van der Waals surface area contributed by atoms with Gasteiger partial charge in [0.2, 0.25) is 5.91 Å². The third kappa shape index (κ3) is 3.64. The zero-order valence-electron chi connectivity index (χ0n) is 17.8. The van der Waals surface area contributed by atoms with Crippen LogP contribution >= 0.6 is 0 Å². The van der Waals surface area contributed by atoms with Crippen molar-refractivity contribution in [2.45, 2.75) is 57.1 Å². The molecule has 168 valence electrons. The molecule has 1 N–H and O–H groups in total. The van der Waals surface area contributed by atoms with Gasteiger partial charge in [-0.05, 0) is 63.1 Å². The van der Waals surface area contributed by atoms with E-state index in [9.17, 15) is 14.7 Å². The Morgan fingerprint density at radius 2 is 1.87 bits per heavy atom. The molecule has 0 bridgehead atoms. The molecule has 7 nitrogen and oxygen atoms in total. The molecule has 8 heteroatoms. The maximum atomic E-state index is 15.1. The number of cyclic esters (lactones) is 1. The van der Waals surface area contributed by atoms with Gasteiger partial charge >= 0.3 is 6.09 Å². The van der Waals surface area contributed by atoms with Crippen molar-refractivity contribution in [3.63, 3.8) is 0 Å². The maximum absolute atomic E-state index is 15.1. The normalized spacial score (nSPS) is 31.6. The summed E-state index contributed by atoms with van der Waals surface area (Å²) in [5.74, 6) is -0.173. The first-order valence-electron chi connectivity index (χ1n) is 11.4. The van der Waals surface area contributed by atoms with Gasteiger partial charge in [-0.15, -0.1) is 0 Å². The minimum absolute atomic E-state index is 0.204. The molecule has 1 aromatic carbocycles. The van der Waals surface area contributed by atoms with E-state index in [0.717, 1.165) is 51.5 Å². The molecule has 0 unspecified atom stereocenters. The van der Waals surface area contributed by atoms with E-state index in [1.165, 1.54) is 11.0 Å². The van der Waals surface area contributed by atoms with Crippen molar-refractivity contribution in [2.75, 3.05) is 42.6 Å². The molecule has 2 amide bonds. The Kier molecular flexibility index (Phi) is 5.28. The molecule has 3 heterocycles. The van der Waals surface area contributed by atoms with Crippen molar-refractivity contribution < 1.29 is 23.8 Å². The van der Waals surface area contributed by atoms with Crippen LogP contribution in [0.3, 0.4) is 0 Å². The second kappa shape index (κ2) is 7.97. The largest absolute Gasteiger partial charge is 0.447 e. The molecule has 1 atom stereocenters. The summed E-state index contributed by atoms with van der Waals surface area (Å²) in [5.41, 5.74) is 0.540. The highest BCUT2D eigenvalue weighted by atomic mass is 19.1. The first kappa shape index (κ1) is 20.5. The Morgan fingerprint density at radius 3 is 2.58 bits per heavy atom. The Bertz CT molecular complexity index is 872. The third-order valence-electron chi connectivity index (χ3n) is 7.57. The molecule has 1 spiro atoms. The van der Waals surface area contributed by atoms with Gasteiger partial charge < -0.3 is 19.6 Å². The van der Waals surface area contributed by atoms with E-state index < -0.39 is 11.5 Å². The third-order valence-corrected chi connectivity index (χ3v) is 7.57. The smallest absolute Gasteiger partial charge is 0.414 e. The molecule has 1 aromatic rings. The monoisotopic (exact) mass is 431 g/mol. The Labute approximate surface area is 181 Å². The van der Waals surface area contributed by atoms with Crippen LogP contribution in [0.4, 0.5) is 20.6 Å². The lowest BCUT2D eigenvalue weighted by Crippen LogP contribution is -2.50. The highest BCUT2D eigenvalue weighted by Crippen LogP contribution is 2.44. The van der Waals surface area contributed by atoms with E-state index in [1.807, 2.05) is 9.80 Å². The number of aliphatic hydroxyl groups excluding tert-OH is 1. The van der Waals surface area contributed by atoms with Crippen LogP contribution in [0, 0.1) is 11.2 Å². The summed E-state index contributed by atoms with van der Waals surface area (Å²) in [7, 11) is 0. The summed E-state index contributed by atoms with van der Waals surface area (Å²) in [5, 5.41) is 9.79. The average Bonchev–Trinajstić information content (AvgIpc) is 3.33. The molecule has 3 aliphatic heterocycles. The van der Waals surface area contributed by atoms with Gasteiger partial charge in [-0.25, -0.2) is 9.18 Å². The molecule has 0 aromatic heterocycles. The molecule has 4 fully saturated rings. The number of likely N-dealkylation sites (tertiary alicyclic amines) is 1. The molecular weight excluding hydrogens is 401 g/mol. The predicted molar refractivity (Wildman–Crippen MR) is 114 cm³/mol. The zero-order chi connectivity index (χ0) is 21.6. The Balaban J connectivity index is 1.31. The second-order valence-electron chi connectivity index (χ2n) is 9.42. The number of hydrogen-bond acceptors (Lipinski definition) is 5. The number of piperidine rings is 1. The summed E-state index contributed by atoms with van der Waals surface area (Å²) in [6.45, 7) is 2.74. The number of carbonyl (C=O) groups excluding carboxylic acids is 2. The lowest BCUT2D eigenvalue weighted by molar-refractivity contribution is -0.139. The fraction of sp³-hybridized carbons (Fsp3) is 0.652. The van der Waals surface area contributed by atoms with Crippen LogP contribution < -0.4 is 9.80 Å². The van der Waals surface area contributed by atoms with Crippen LogP contribution in [0.2, 0.25) is 0 Å². The van der Waals surface area contributed by atoms with Crippen molar-refractivity contribution in [1.82, 2.24) is 4.90 Å². The number of rotatable bonds is 3. The van der Waals surface area contributed by atoms with E-state index >= 15 is 4.39 Å². The second-order valence-corrected chi connectivity index (χ2v) is 9.42. The van der Waals surface area contributed by atoms with Crippen LogP contribution in [0.15, 0.2) is 18.2 Å². The average molecular weight is 432 g/mol. The van der Waals surface area contributed by atoms with Crippen molar-refractivity contribution in [1.29, 1.82) is 0 Å². The lowest BCUT2D eigenvalue weighted by atomic mass is 9.78. The predicted octanol–water partition coefficient (Wildman–Crippen LogP) is 2.90. The summed E-state index contributed by atoms with van der Waals surface area (Å²) >= 11 is 0. The van der Waals surface area contributed by atoms with Gasteiger partial charge in [0.1, 0.15) is 12.4 Å². The number of ether oxygens (including phenoxy) is 1. The standard InChI is InChI=1S/C23H30FN3O4/c24-19-14-17(27-12-13-31-22(27)30)4-7-20(19)25-10-1-8-23(15-25)9-11-26(21(23)29)16-2-5-18(28)6-3-16/h4,7,14,16,18,28H,1-3,5-6,8-13,15H2/t16?,18?,23-/m1/s1. The molecule has 4 aliphatic rings. The van der Waals surface area contributed by atoms with Gasteiger partial charge in [0, 0.05) is 25.7 Å². The van der Waals surface area contributed by atoms with Gasteiger partial charge in [0.15, 0.2) is 0 Å². The number of benzene rings is 1. The molecule has 5 rings (SSSR count). The van der Waals surface area contributed by atoms with E-state index in [4.69, 9.17) is 4.74 Å². The Morgan fingerprint density at radius 1 is 1.06 bits per heavy atom. The van der Waals surface area contributed by atoms with Crippen molar-refractivity contribution >= 4 is 23.4 Å². The summed E-state index contributed by atoms with van der Waals surface area (Å²) in [6.07, 6.45) is 5.06. The van der Waals surface area contributed by atoms with Gasteiger partial charge in [0.05, 0.1) is 29.4 Å². The molecule has 3 saturated heterocycles. The van der Waals surface area contributed by atoms with Gasteiger partial charge in [-0.1, -0.05) is 0 Å². The minimum Gasteiger partial charge on any atom is -0.447 e. The number of halogens is 1. The van der Waals surface area contributed by atoms with Crippen molar-refractivity contribution in [3.8, 4) is 0 Å². The van der Waals surface area contributed by atoms with Crippen LogP contribution in [-0.4, -0.2) is 66.9 Å². The van der Waals surface area contributed by atoms with E-state index in [-0.39, 0.29) is 23.9 Å². The first-order chi connectivity index (χ1) is 15.0. The van der Waals surface area contributed by atoms with Crippen LogP contribution in [0.25, 0.3) is 0 Å². The van der Waals surface area contributed by atoms with E-state index in [2.05, 4.69) is 0 Å². The van der Waals surface area contributed by atoms with Gasteiger partial charge in [0.25, 0.3) is 0 Å². The van der Waals surface area contributed by atoms with Crippen LogP contribution in [-0.2, 0) is 9.53 Å². The minimum atomic E-state index is -0.448. The topological polar surface area (TPSA) is 73.3 Å². The molecule has 0 radical (unpaired) electrons. The molecule has 31 heavy (non-hydrogen) atoms. The Hall–Kier alpha value is -2.35.